The zero-order chi connectivity index (χ0) is 4.41. The van der Waals surface area contributed by atoms with Gasteiger partial charge in [-0.2, -0.15) is 0 Å². The van der Waals surface area contributed by atoms with Gasteiger partial charge in [0.25, 0.3) is 5.95 Å². The molecule has 0 aliphatic carbocycles. The lowest BCUT2D eigenvalue weighted by Crippen LogP contribution is -1.40. The van der Waals surface area contributed by atoms with Crippen molar-refractivity contribution >= 4 is 12.4 Å². The van der Waals surface area contributed by atoms with Crippen molar-refractivity contribution in [2.24, 2.45) is 0 Å². The molecule has 0 amide bonds. The highest BCUT2D eigenvalue weighted by molar-refractivity contribution is 5.85. The van der Waals surface area contributed by atoms with Crippen molar-refractivity contribution in [2.75, 3.05) is 0 Å². The second kappa shape index (κ2) is 2.53. The molecule has 1 aromatic rings. The largest absolute Gasteiger partial charge is 0.481 e. The van der Waals surface area contributed by atoms with Gasteiger partial charge in [-0.25, -0.2) is 0 Å². The summed E-state index contributed by atoms with van der Waals surface area (Å²) < 4.78 is 4.39. The number of rotatable bonds is 0. The highest BCUT2D eigenvalue weighted by Crippen LogP contribution is 2.04. The van der Waals surface area contributed by atoms with Crippen LogP contribution in [0.3, 0.4) is 0 Å². The monoisotopic (exact) mass is 120 g/mol. The predicted molar refractivity (Wildman–Crippen MR) is 27.6 cm³/mol. The van der Waals surface area contributed by atoms with Gasteiger partial charge in [0.2, 0.25) is 0 Å². The normalized spacial score (nSPS) is 7.43. The van der Waals surface area contributed by atoms with Gasteiger partial charge in [0, 0.05) is 6.07 Å². The molecule has 1 N–H and O–H groups in total. The van der Waals surface area contributed by atoms with Gasteiger partial charge in [-0.05, 0) is 6.07 Å². The molecule has 0 unspecified atom stereocenters. The zero-order valence-electron chi connectivity index (χ0n) is 3.50. The summed E-state index contributed by atoms with van der Waals surface area (Å²) in [6, 6.07) is 3.09. The summed E-state index contributed by atoms with van der Waals surface area (Å²) in [5.74, 6) is -0.0324. The number of hydrogen-bond acceptors (Lipinski definition) is 2. The zero-order valence-corrected chi connectivity index (χ0v) is 4.31. The molecule has 3 heteroatoms. The Hall–Kier alpha value is -0.630. The minimum absolute atomic E-state index is 0. The summed E-state index contributed by atoms with van der Waals surface area (Å²) in [7, 11) is 0. The predicted octanol–water partition coefficient (Wildman–Crippen LogP) is 1.41. The van der Waals surface area contributed by atoms with Crippen LogP contribution in [-0.4, -0.2) is 5.11 Å². The molecule has 2 nitrogen and oxygen atoms in total. The molecule has 1 rings (SSSR count). The molecule has 7 heavy (non-hydrogen) atoms. The summed E-state index contributed by atoms with van der Waals surface area (Å²) >= 11 is 0. The highest BCUT2D eigenvalue weighted by Gasteiger charge is 1.79. The lowest BCUT2D eigenvalue weighted by molar-refractivity contribution is 0.332. The van der Waals surface area contributed by atoms with Crippen LogP contribution in [0.4, 0.5) is 0 Å². The fourth-order valence-corrected chi connectivity index (χ4v) is 0.270. The van der Waals surface area contributed by atoms with Crippen LogP contribution in [0.15, 0.2) is 22.8 Å². The SMILES string of the molecule is Cl.Oc1ccco1. The molecule has 0 spiro atoms. The Bertz CT molecular complexity index is 113. The van der Waals surface area contributed by atoms with Gasteiger partial charge in [0.1, 0.15) is 0 Å². The van der Waals surface area contributed by atoms with E-state index in [1.165, 1.54) is 12.3 Å². The molecule has 0 aromatic carbocycles. The van der Waals surface area contributed by atoms with E-state index in [-0.39, 0.29) is 18.4 Å². The second-order valence-corrected chi connectivity index (χ2v) is 0.951. The van der Waals surface area contributed by atoms with Gasteiger partial charge < -0.3 is 9.52 Å². The lowest BCUT2D eigenvalue weighted by atomic mass is 10.7. The molecule has 1 heterocycles. The highest BCUT2D eigenvalue weighted by atomic mass is 35.5. The Balaban J connectivity index is 0.000000360. The Morgan fingerprint density at radius 3 is 2.43 bits per heavy atom. The molecule has 40 valence electrons. The van der Waals surface area contributed by atoms with Crippen LogP contribution in [0.2, 0.25) is 0 Å². The van der Waals surface area contributed by atoms with Crippen molar-refractivity contribution in [3.63, 3.8) is 0 Å². The van der Waals surface area contributed by atoms with Crippen molar-refractivity contribution in [1.82, 2.24) is 0 Å². The lowest BCUT2D eigenvalue weighted by Gasteiger charge is -1.69. The molecule has 0 radical (unpaired) electrons. The molecule has 0 fully saturated rings. The Labute approximate surface area is 47.2 Å². The van der Waals surface area contributed by atoms with Gasteiger partial charge >= 0.3 is 0 Å². The number of hydrogen-bond donors (Lipinski definition) is 1. The van der Waals surface area contributed by atoms with Gasteiger partial charge in [-0.3, -0.25) is 0 Å². The number of halogens is 1. The van der Waals surface area contributed by atoms with E-state index in [0.717, 1.165) is 0 Å². The molecular weight excluding hydrogens is 115 g/mol. The summed E-state index contributed by atoms with van der Waals surface area (Å²) in [5, 5.41) is 8.31. The van der Waals surface area contributed by atoms with Crippen LogP contribution in [0, 0.1) is 0 Å². The van der Waals surface area contributed by atoms with E-state index in [4.69, 9.17) is 5.11 Å². The summed E-state index contributed by atoms with van der Waals surface area (Å²) in [5.41, 5.74) is 0. The average Bonchev–Trinajstić information content (AvgIpc) is 1.86. The fraction of sp³-hybridized carbons (Fsp3) is 0. The minimum Gasteiger partial charge on any atom is -0.481 e. The fourth-order valence-electron chi connectivity index (χ4n) is 0.270. The van der Waals surface area contributed by atoms with E-state index in [0.29, 0.717) is 0 Å². The van der Waals surface area contributed by atoms with E-state index in [2.05, 4.69) is 4.42 Å². The van der Waals surface area contributed by atoms with Crippen LogP contribution in [0.1, 0.15) is 0 Å². The van der Waals surface area contributed by atoms with Crippen molar-refractivity contribution in [2.45, 2.75) is 0 Å². The molecule has 0 saturated carbocycles. The van der Waals surface area contributed by atoms with Crippen LogP contribution in [0.25, 0.3) is 0 Å². The molecule has 0 bridgehead atoms. The van der Waals surface area contributed by atoms with Crippen LogP contribution >= 0.6 is 12.4 Å². The van der Waals surface area contributed by atoms with Gasteiger partial charge in [-0.1, -0.05) is 0 Å². The number of furan rings is 1. The Morgan fingerprint density at radius 1 is 1.57 bits per heavy atom. The van der Waals surface area contributed by atoms with E-state index < -0.39 is 0 Å². The smallest absolute Gasteiger partial charge is 0.281 e. The van der Waals surface area contributed by atoms with Gasteiger partial charge in [0.15, 0.2) is 0 Å². The first-order chi connectivity index (χ1) is 2.89. The summed E-state index contributed by atoms with van der Waals surface area (Å²) in [6.07, 6.45) is 1.41. The summed E-state index contributed by atoms with van der Waals surface area (Å²) in [6.45, 7) is 0. The first-order valence-corrected chi connectivity index (χ1v) is 1.62. The molecular formula is C4H5ClO2. The maximum atomic E-state index is 8.31. The molecule has 1 aromatic heterocycles. The van der Waals surface area contributed by atoms with Gasteiger partial charge in [0.05, 0.1) is 6.26 Å². The second-order valence-electron chi connectivity index (χ2n) is 0.951. The average molecular weight is 121 g/mol. The van der Waals surface area contributed by atoms with Crippen molar-refractivity contribution < 1.29 is 9.52 Å². The quantitative estimate of drug-likeness (QED) is 0.562. The third kappa shape index (κ3) is 1.50. The maximum Gasteiger partial charge on any atom is 0.281 e. The first kappa shape index (κ1) is 6.37. The number of aromatic hydroxyl groups is 1. The maximum absolute atomic E-state index is 8.31. The third-order valence-electron chi connectivity index (χ3n) is 0.506. The van der Waals surface area contributed by atoms with E-state index in [9.17, 15) is 0 Å². The van der Waals surface area contributed by atoms with Crippen LogP contribution < -0.4 is 0 Å². The van der Waals surface area contributed by atoms with E-state index >= 15 is 0 Å². The van der Waals surface area contributed by atoms with Crippen LogP contribution in [-0.2, 0) is 0 Å². The molecule has 0 atom stereocenters. The van der Waals surface area contributed by atoms with Crippen molar-refractivity contribution in [3.8, 4) is 5.95 Å². The summed E-state index contributed by atoms with van der Waals surface area (Å²) in [4.78, 5) is 0. The van der Waals surface area contributed by atoms with Crippen molar-refractivity contribution in [3.05, 3.63) is 18.4 Å². The standard InChI is InChI=1S/C4H4O2.ClH/c5-4-2-1-3-6-4;/h1-3,5H;1H. The van der Waals surface area contributed by atoms with Crippen LogP contribution in [0.5, 0.6) is 5.95 Å². The van der Waals surface area contributed by atoms with Crippen molar-refractivity contribution in [1.29, 1.82) is 0 Å². The van der Waals surface area contributed by atoms with Gasteiger partial charge in [-0.15, -0.1) is 12.4 Å². The van der Waals surface area contributed by atoms with E-state index in [1.54, 1.807) is 6.07 Å². The minimum atomic E-state index is -0.0324. The topological polar surface area (TPSA) is 33.4 Å². The van der Waals surface area contributed by atoms with E-state index in [1.807, 2.05) is 0 Å². The Morgan fingerprint density at radius 2 is 2.29 bits per heavy atom. The third-order valence-corrected chi connectivity index (χ3v) is 0.506. The first-order valence-electron chi connectivity index (χ1n) is 1.62. The molecule has 0 saturated heterocycles. The Kier molecular flexibility index (Phi) is 2.30. The molecule has 0 aliphatic rings. The molecule has 0 aliphatic heterocycles.